The maximum atomic E-state index is 13.6. The third-order valence-electron chi connectivity index (χ3n) is 2.70. The lowest BCUT2D eigenvalue weighted by atomic mass is 10.1. The summed E-state index contributed by atoms with van der Waals surface area (Å²) in [6, 6.07) is 8.05. The molecule has 2 aromatic rings. The van der Waals surface area contributed by atoms with Crippen molar-refractivity contribution in [1.29, 1.82) is 0 Å². The molecule has 0 bridgehead atoms. The number of hydrogen-bond donors (Lipinski definition) is 2. The van der Waals surface area contributed by atoms with Crippen LogP contribution in [0.15, 0.2) is 36.4 Å². The third-order valence-corrected chi connectivity index (χ3v) is 2.70. The van der Waals surface area contributed by atoms with Crippen LogP contribution >= 0.6 is 0 Å². The highest BCUT2D eigenvalue weighted by Crippen LogP contribution is 2.21. The number of amides is 1. The minimum absolute atomic E-state index is 0.0364. The van der Waals surface area contributed by atoms with Crippen molar-refractivity contribution in [2.45, 2.75) is 6.92 Å². The first-order chi connectivity index (χ1) is 8.99. The maximum Gasteiger partial charge on any atom is 0.258 e. The molecule has 0 fully saturated rings. The van der Waals surface area contributed by atoms with Crippen molar-refractivity contribution in [3.8, 4) is 0 Å². The second-order valence-electron chi connectivity index (χ2n) is 4.13. The molecule has 0 saturated carbocycles. The summed E-state index contributed by atoms with van der Waals surface area (Å²) in [6.45, 7) is 1.65. The van der Waals surface area contributed by atoms with Crippen molar-refractivity contribution in [3.63, 3.8) is 0 Å². The van der Waals surface area contributed by atoms with Gasteiger partial charge in [-0.1, -0.05) is 12.1 Å². The highest BCUT2D eigenvalue weighted by Gasteiger charge is 2.15. The molecule has 98 valence electrons. The van der Waals surface area contributed by atoms with Gasteiger partial charge in [0.25, 0.3) is 5.91 Å². The molecule has 2 rings (SSSR count). The Hall–Kier alpha value is -2.43. The molecule has 5 heteroatoms. The van der Waals surface area contributed by atoms with Crippen LogP contribution in [-0.2, 0) is 0 Å². The zero-order valence-corrected chi connectivity index (χ0v) is 10.2. The van der Waals surface area contributed by atoms with E-state index >= 15 is 0 Å². The first kappa shape index (κ1) is 13.0. The number of benzene rings is 2. The minimum Gasteiger partial charge on any atom is -0.399 e. The Morgan fingerprint density at radius 3 is 2.58 bits per heavy atom. The van der Waals surface area contributed by atoms with Gasteiger partial charge in [0.2, 0.25) is 0 Å². The first-order valence-corrected chi connectivity index (χ1v) is 5.60. The number of carbonyl (C=O) groups is 1. The van der Waals surface area contributed by atoms with Crippen LogP contribution in [0.1, 0.15) is 15.9 Å². The van der Waals surface area contributed by atoms with Crippen LogP contribution in [0, 0.1) is 18.6 Å². The summed E-state index contributed by atoms with van der Waals surface area (Å²) in [6.07, 6.45) is 0. The van der Waals surface area contributed by atoms with Crippen molar-refractivity contribution in [2.24, 2.45) is 0 Å². The molecule has 0 aromatic heterocycles. The van der Waals surface area contributed by atoms with Crippen molar-refractivity contribution in [3.05, 3.63) is 59.2 Å². The lowest BCUT2D eigenvalue weighted by molar-refractivity contribution is 0.102. The summed E-state index contributed by atoms with van der Waals surface area (Å²) in [5, 5.41) is 2.35. The Morgan fingerprint density at radius 1 is 1.16 bits per heavy atom. The number of hydrogen-bond acceptors (Lipinski definition) is 2. The van der Waals surface area contributed by atoms with Crippen LogP contribution < -0.4 is 11.1 Å². The molecule has 0 radical (unpaired) electrons. The normalized spacial score (nSPS) is 10.3. The van der Waals surface area contributed by atoms with Gasteiger partial charge in [0.1, 0.15) is 11.6 Å². The van der Waals surface area contributed by atoms with Crippen LogP contribution in [0.25, 0.3) is 0 Å². The molecule has 0 atom stereocenters. The van der Waals surface area contributed by atoms with E-state index in [1.165, 1.54) is 24.3 Å². The van der Waals surface area contributed by atoms with E-state index in [2.05, 4.69) is 5.32 Å². The molecule has 0 spiro atoms. The highest BCUT2D eigenvalue weighted by molar-refractivity contribution is 6.05. The molecule has 3 N–H and O–H groups in total. The standard InChI is InChI=1S/C14H12F2N2O/c1-8-3-2-4-12(16)13(8)18-14(19)10-7-9(17)5-6-11(10)15/h2-7H,17H2,1H3,(H,18,19). The van der Waals surface area contributed by atoms with Gasteiger partial charge in [-0.3, -0.25) is 4.79 Å². The number of halogens is 2. The summed E-state index contributed by atoms with van der Waals surface area (Å²) in [5.74, 6) is -2.02. The van der Waals surface area contributed by atoms with Gasteiger partial charge in [-0.05, 0) is 36.8 Å². The van der Waals surface area contributed by atoms with E-state index in [-0.39, 0.29) is 16.9 Å². The molecular formula is C14H12F2N2O. The van der Waals surface area contributed by atoms with Gasteiger partial charge >= 0.3 is 0 Å². The van der Waals surface area contributed by atoms with Crippen molar-refractivity contribution in [2.75, 3.05) is 11.1 Å². The fourth-order valence-electron chi connectivity index (χ4n) is 1.69. The predicted octanol–water partition coefficient (Wildman–Crippen LogP) is 3.11. The number of aryl methyl sites for hydroxylation is 1. The Labute approximate surface area is 109 Å². The Balaban J connectivity index is 2.34. The highest BCUT2D eigenvalue weighted by atomic mass is 19.1. The fraction of sp³-hybridized carbons (Fsp3) is 0.0714. The van der Waals surface area contributed by atoms with Crippen molar-refractivity contribution in [1.82, 2.24) is 0 Å². The zero-order chi connectivity index (χ0) is 14.0. The molecule has 2 aromatic carbocycles. The summed E-state index contributed by atoms with van der Waals surface area (Å²) >= 11 is 0. The number of carbonyl (C=O) groups excluding carboxylic acids is 1. The molecule has 19 heavy (non-hydrogen) atoms. The Bertz CT molecular complexity index is 621. The van der Waals surface area contributed by atoms with Gasteiger partial charge in [0.15, 0.2) is 0 Å². The van der Waals surface area contributed by atoms with Gasteiger partial charge in [0, 0.05) is 5.69 Å². The molecule has 0 heterocycles. The number of para-hydroxylation sites is 1. The second-order valence-corrected chi connectivity index (χ2v) is 4.13. The van der Waals surface area contributed by atoms with E-state index in [1.807, 2.05) is 0 Å². The van der Waals surface area contributed by atoms with Crippen LogP contribution in [0.3, 0.4) is 0 Å². The van der Waals surface area contributed by atoms with E-state index in [4.69, 9.17) is 5.73 Å². The summed E-state index contributed by atoms with van der Waals surface area (Å²) in [5.41, 5.74) is 6.13. The average Bonchev–Trinajstić information content (AvgIpc) is 2.37. The summed E-state index contributed by atoms with van der Waals surface area (Å²) in [4.78, 5) is 11.9. The molecular weight excluding hydrogens is 250 g/mol. The van der Waals surface area contributed by atoms with Crippen LogP contribution in [0.5, 0.6) is 0 Å². The SMILES string of the molecule is Cc1cccc(F)c1NC(=O)c1cc(N)ccc1F. The molecule has 0 aliphatic heterocycles. The zero-order valence-electron chi connectivity index (χ0n) is 10.2. The number of rotatable bonds is 2. The smallest absolute Gasteiger partial charge is 0.258 e. The predicted molar refractivity (Wildman–Crippen MR) is 69.9 cm³/mol. The largest absolute Gasteiger partial charge is 0.399 e. The summed E-state index contributed by atoms with van der Waals surface area (Å²) in [7, 11) is 0. The Morgan fingerprint density at radius 2 is 1.89 bits per heavy atom. The second kappa shape index (κ2) is 5.06. The topological polar surface area (TPSA) is 55.1 Å². The number of nitrogen functional groups attached to an aromatic ring is 1. The number of nitrogens with two attached hydrogens (primary N) is 1. The van der Waals surface area contributed by atoms with E-state index < -0.39 is 17.5 Å². The lowest BCUT2D eigenvalue weighted by Gasteiger charge is -2.10. The Kier molecular flexibility index (Phi) is 3.46. The van der Waals surface area contributed by atoms with Gasteiger partial charge in [-0.2, -0.15) is 0 Å². The average molecular weight is 262 g/mol. The lowest BCUT2D eigenvalue weighted by Crippen LogP contribution is -2.16. The van der Waals surface area contributed by atoms with E-state index in [0.717, 1.165) is 6.07 Å². The monoisotopic (exact) mass is 262 g/mol. The van der Waals surface area contributed by atoms with Crippen molar-refractivity contribution < 1.29 is 13.6 Å². The van der Waals surface area contributed by atoms with E-state index in [9.17, 15) is 13.6 Å². The van der Waals surface area contributed by atoms with E-state index in [0.29, 0.717) is 5.56 Å². The molecule has 0 aliphatic carbocycles. The molecule has 0 aliphatic rings. The van der Waals surface area contributed by atoms with Gasteiger partial charge < -0.3 is 11.1 Å². The minimum atomic E-state index is -0.738. The quantitative estimate of drug-likeness (QED) is 0.817. The third kappa shape index (κ3) is 2.70. The number of nitrogens with one attached hydrogen (secondary N) is 1. The first-order valence-electron chi connectivity index (χ1n) is 5.60. The molecule has 0 saturated heterocycles. The van der Waals surface area contributed by atoms with Gasteiger partial charge in [-0.15, -0.1) is 0 Å². The summed E-state index contributed by atoms with van der Waals surface area (Å²) < 4.78 is 27.1. The molecule has 3 nitrogen and oxygen atoms in total. The van der Waals surface area contributed by atoms with Crippen LogP contribution in [0.2, 0.25) is 0 Å². The fourth-order valence-corrected chi connectivity index (χ4v) is 1.69. The molecule has 0 unspecified atom stereocenters. The maximum absolute atomic E-state index is 13.6. The molecule has 1 amide bonds. The van der Waals surface area contributed by atoms with Gasteiger partial charge in [-0.25, -0.2) is 8.78 Å². The van der Waals surface area contributed by atoms with Crippen LogP contribution in [-0.4, -0.2) is 5.91 Å². The van der Waals surface area contributed by atoms with Gasteiger partial charge in [0.05, 0.1) is 11.3 Å². The van der Waals surface area contributed by atoms with Crippen molar-refractivity contribution >= 4 is 17.3 Å². The van der Waals surface area contributed by atoms with E-state index in [1.54, 1.807) is 13.0 Å². The van der Waals surface area contributed by atoms with Crippen LogP contribution in [0.4, 0.5) is 20.2 Å². The number of anilines is 2.